The summed E-state index contributed by atoms with van der Waals surface area (Å²) in [6, 6.07) is -0.193. The Bertz CT molecular complexity index is 250. The SMILES string of the molecule is O=C(O)N[C@@H]1CC(=O)N[C@@H]1C1CC1. The van der Waals surface area contributed by atoms with Gasteiger partial charge in [-0.15, -0.1) is 0 Å². The molecule has 13 heavy (non-hydrogen) atoms. The summed E-state index contributed by atoms with van der Waals surface area (Å²) in [6.07, 6.45) is 1.44. The quantitative estimate of drug-likeness (QED) is 0.561. The molecular weight excluding hydrogens is 172 g/mol. The molecule has 0 spiro atoms. The van der Waals surface area contributed by atoms with E-state index in [1.165, 1.54) is 0 Å². The Labute approximate surface area is 75.5 Å². The van der Waals surface area contributed by atoms with Crippen molar-refractivity contribution in [2.24, 2.45) is 5.92 Å². The van der Waals surface area contributed by atoms with Crippen LogP contribution in [0.4, 0.5) is 4.79 Å². The molecule has 1 aliphatic heterocycles. The van der Waals surface area contributed by atoms with Crippen molar-refractivity contribution in [3.05, 3.63) is 0 Å². The van der Waals surface area contributed by atoms with E-state index in [2.05, 4.69) is 10.6 Å². The Balaban J connectivity index is 1.98. The smallest absolute Gasteiger partial charge is 0.404 e. The first-order valence-corrected chi connectivity index (χ1v) is 4.45. The van der Waals surface area contributed by atoms with Crippen molar-refractivity contribution in [3.63, 3.8) is 0 Å². The normalized spacial score (nSPS) is 32.8. The summed E-state index contributed by atoms with van der Waals surface area (Å²) >= 11 is 0. The molecule has 0 aromatic rings. The number of hydrogen-bond acceptors (Lipinski definition) is 2. The number of nitrogens with one attached hydrogen (secondary N) is 2. The van der Waals surface area contributed by atoms with Crippen LogP contribution in [0, 0.1) is 5.92 Å². The van der Waals surface area contributed by atoms with E-state index in [1.807, 2.05) is 0 Å². The molecule has 0 aromatic carbocycles. The lowest BCUT2D eigenvalue weighted by Crippen LogP contribution is -2.44. The summed E-state index contributed by atoms with van der Waals surface area (Å²) in [5.41, 5.74) is 0. The molecule has 0 bridgehead atoms. The van der Waals surface area contributed by atoms with Crippen molar-refractivity contribution in [3.8, 4) is 0 Å². The highest BCUT2D eigenvalue weighted by Crippen LogP contribution is 2.36. The van der Waals surface area contributed by atoms with Crippen molar-refractivity contribution in [1.82, 2.24) is 10.6 Å². The van der Waals surface area contributed by atoms with Crippen LogP contribution in [-0.4, -0.2) is 29.2 Å². The highest BCUT2D eigenvalue weighted by atomic mass is 16.4. The lowest BCUT2D eigenvalue weighted by molar-refractivity contribution is -0.119. The van der Waals surface area contributed by atoms with Crippen LogP contribution >= 0.6 is 0 Å². The highest BCUT2D eigenvalue weighted by Gasteiger charge is 2.43. The van der Waals surface area contributed by atoms with Crippen LogP contribution in [0.5, 0.6) is 0 Å². The molecule has 0 unspecified atom stereocenters. The van der Waals surface area contributed by atoms with Crippen molar-refractivity contribution in [2.45, 2.75) is 31.3 Å². The van der Waals surface area contributed by atoms with E-state index in [0.717, 1.165) is 12.8 Å². The van der Waals surface area contributed by atoms with Gasteiger partial charge in [0.25, 0.3) is 0 Å². The fraction of sp³-hybridized carbons (Fsp3) is 0.750. The van der Waals surface area contributed by atoms with Crippen molar-refractivity contribution in [2.75, 3.05) is 0 Å². The maximum absolute atomic E-state index is 11.0. The Hall–Kier alpha value is -1.26. The second kappa shape index (κ2) is 2.90. The monoisotopic (exact) mass is 184 g/mol. The maximum Gasteiger partial charge on any atom is 0.404 e. The number of carboxylic acid groups (broad SMARTS) is 1. The average molecular weight is 184 g/mol. The van der Waals surface area contributed by atoms with Gasteiger partial charge < -0.3 is 15.7 Å². The van der Waals surface area contributed by atoms with Gasteiger partial charge in [0.05, 0.1) is 12.1 Å². The first kappa shape index (κ1) is 8.34. The van der Waals surface area contributed by atoms with Gasteiger partial charge in [-0.2, -0.15) is 0 Å². The Morgan fingerprint density at radius 1 is 1.54 bits per heavy atom. The van der Waals surface area contributed by atoms with Gasteiger partial charge in [0.2, 0.25) is 5.91 Å². The molecule has 5 heteroatoms. The molecule has 3 N–H and O–H groups in total. The molecule has 72 valence electrons. The standard InChI is InChI=1S/C8H12N2O3/c11-6-3-5(9-8(12)13)7(10-6)4-1-2-4/h4-5,7,9H,1-3H2,(H,10,11)(H,12,13)/t5-,7-/m1/s1. The maximum atomic E-state index is 11.0. The number of rotatable bonds is 2. The van der Waals surface area contributed by atoms with E-state index in [0.29, 0.717) is 5.92 Å². The zero-order valence-corrected chi connectivity index (χ0v) is 7.12. The van der Waals surface area contributed by atoms with Crippen LogP contribution in [0.1, 0.15) is 19.3 Å². The van der Waals surface area contributed by atoms with Gasteiger partial charge in [-0.3, -0.25) is 4.79 Å². The predicted molar refractivity (Wildman–Crippen MR) is 44.2 cm³/mol. The Morgan fingerprint density at radius 2 is 2.23 bits per heavy atom. The van der Waals surface area contributed by atoms with Gasteiger partial charge in [0, 0.05) is 6.42 Å². The molecular formula is C8H12N2O3. The van der Waals surface area contributed by atoms with E-state index in [1.54, 1.807) is 0 Å². The lowest BCUT2D eigenvalue weighted by Gasteiger charge is -2.17. The number of carbonyl (C=O) groups excluding carboxylic acids is 1. The predicted octanol–water partition coefficient (Wildman–Crippen LogP) is -0.0789. The molecule has 1 saturated carbocycles. The third-order valence-electron chi connectivity index (χ3n) is 2.61. The van der Waals surface area contributed by atoms with Crippen LogP contribution in [0.15, 0.2) is 0 Å². The van der Waals surface area contributed by atoms with Gasteiger partial charge in [-0.1, -0.05) is 0 Å². The summed E-state index contributed by atoms with van der Waals surface area (Å²) in [7, 11) is 0. The largest absolute Gasteiger partial charge is 0.465 e. The topological polar surface area (TPSA) is 78.4 Å². The molecule has 5 nitrogen and oxygen atoms in total. The molecule has 1 aliphatic carbocycles. The fourth-order valence-corrected chi connectivity index (χ4v) is 1.87. The van der Waals surface area contributed by atoms with Crippen LogP contribution in [0.25, 0.3) is 0 Å². The molecule has 2 amide bonds. The van der Waals surface area contributed by atoms with E-state index in [9.17, 15) is 9.59 Å². The third kappa shape index (κ3) is 1.74. The first-order valence-electron chi connectivity index (χ1n) is 4.45. The summed E-state index contributed by atoms with van der Waals surface area (Å²) in [5.74, 6) is 0.443. The lowest BCUT2D eigenvalue weighted by atomic mass is 10.1. The molecule has 0 radical (unpaired) electrons. The van der Waals surface area contributed by atoms with Crippen molar-refractivity contribution < 1.29 is 14.7 Å². The molecule has 1 saturated heterocycles. The fourth-order valence-electron chi connectivity index (χ4n) is 1.87. The second-order valence-corrected chi connectivity index (χ2v) is 3.69. The third-order valence-corrected chi connectivity index (χ3v) is 2.61. The van der Waals surface area contributed by atoms with Crippen LogP contribution < -0.4 is 10.6 Å². The van der Waals surface area contributed by atoms with E-state index >= 15 is 0 Å². The molecule has 2 fully saturated rings. The minimum Gasteiger partial charge on any atom is -0.465 e. The van der Waals surface area contributed by atoms with Gasteiger partial charge in [0.1, 0.15) is 0 Å². The molecule has 2 rings (SSSR count). The molecule has 0 aromatic heterocycles. The van der Waals surface area contributed by atoms with E-state index < -0.39 is 6.09 Å². The first-order chi connectivity index (χ1) is 6.16. The zero-order valence-electron chi connectivity index (χ0n) is 7.12. The Morgan fingerprint density at radius 3 is 2.77 bits per heavy atom. The van der Waals surface area contributed by atoms with Crippen LogP contribution in [0.2, 0.25) is 0 Å². The summed E-state index contributed by atoms with van der Waals surface area (Å²) in [6.45, 7) is 0. The van der Waals surface area contributed by atoms with Crippen molar-refractivity contribution >= 4 is 12.0 Å². The minimum absolute atomic E-state index is 0.0311. The average Bonchev–Trinajstić information content (AvgIpc) is 2.77. The Kier molecular flexibility index (Phi) is 1.86. The zero-order chi connectivity index (χ0) is 9.42. The number of amides is 2. The van der Waals surface area contributed by atoms with E-state index in [4.69, 9.17) is 5.11 Å². The van der Waals surface area contributed by atoms with Gasteiger partial charge >= 0.3 is 6.09 Å². The van der Waals surface area contributed by atoms with Crippen LogP contribution in [-0.2, 0) is 4.79 Å². The summed E-state index contributed by atoms with van der Waals surface area (Å²) in [4.78, 5) is 21.4. The molecule has 2 atom stereocenters. The molecule has 2 aliphatic rings. The summed E-state index contributed by atoms with van der Waals surface area (Å²) < 4.78 is 0. The van der Waals surface area contributed by atoms with Crippen LogP contribution in [0.3, 0.4) is 0 Å². The van der Waals surface area contributed by atoms with Crippen molar-refractivity contribution in [1.29, 1.82) is 0 Å². The summed E-state index contributed by atoms with van der Waals surface area (Å²) in [5, 5.41) is 13.7. The second-order valence-electron chi connectivity index (χ2n) is 3.69. The minimum atomic E-state index is -1.05. The van der Waals surface area contributed by atoms with E-state index in [-0.39, 0.29) is 24.4 Å². The number of hydrogen-bond donors (Lipinski definition) is 3. The van der Waals surface area contributed by atoms with Gasteiger partial charge in [-0.25, -0.2) is 4.79 Å². The number of carbonyl (C=O) groups is 2. The molecule has 1 heterocycles. The highest BCUT2D eigenvalue weighted by molar-refractivity contribution is 5.81. The van der Waals surface area contributed by atoms with Gasteiger partial charge in [-0.05, 0) is 18.8 Å². The van der Waals surface area contributed by atoms with Gasteiger partial charge in [0.15, 0.2) is 0 Å².